The van der Waals surface area contributed by atoms with Crippen molar-refractivity contribution >= 4 is 74.2 Å². The Kier molecular flexibility index (Phi) is 9.49. The van der Waals surface area contributed by atoms with E-state index in [0.29, 0.717) is 44.1 Å². The number of amidine groups is 1. The number of ether oxygens (including phenoxy) is 1. The maximum atomic E-state index is 13.3. The van der Waals surface area contributed by atoms with Crippen LogP contribution in [0.2, 0.25) is 0 Å². The van der Waals surface area contributed by atoms with Crippen LogP contribution in [-0.4, -0.2) is 43.8 Å². The summed E-state index contributed by atoms with van der Waals surface area (Å²) in [5.41, 5.74) is 4.45. The summed E-state index contributed by atoms with van der Waals surface area (Å²) < 4.78 is 7.10. The number of halogens is 2. The zero-order chi connectivity index (χ0) is 25.5. The number of nitrogens with zero attached hydrogens (tertiary/aromatic N) is 1. The monoisotopic (exact) mass is 696 g/mol. The van der Waals surface area contributed by atoms with Crippen molar-refractivity contribution in [2.24, 2.45) is 0 Å². The highest BCUT2D eigenvalue weighted by molar-refractivity contribution is 14.1. The second-order valence-electron chi connectivity index (χ2n) is 7.91. The molecule has 9 heteroatoms. The highest BCUT2D eigenvalue weighted by Crippen LogP contribution is 2.32. The fourth-order valence-corrected chi connectivity index (χ4v) is 4.27. The molecule has 0 saturated carbocycles. The van der Waals surface area contributed by atoms with Crippen LogP contribution in [0, 0.1) is 5.41 Å². The molecule has 0 aliphatic carbocycles. The van der Waals surface area contributed by atoms with Gasteiger partial charge in [-0.1, -0.05) is 69.4 Å². The Labute approximate surface area is 232 Å². The predicted molar refractivity (Wildman–Crippen MR) is 158 cm³/mol. The van der Waals surface area contributed by atoms with Gasteiger partial charge in [-0.2, -0.15) is 0 Å². The van der Waals surface area contributed by atoms with Crippen LogP contribution in [-0.2, 0) is 8.86 Å². The number of methoxy groups -OCH3 is 1. The van der Waals surface area contributed by atoms with Crippen LogP contribution < -0.4 is 15.4 Å². The molecule has 0 heterocycles. The van der Waals surface area contributed by atoms with Crippen LogP contribution >= 0.6 is 45.2 Å². The first kappa shape index (κ1) is 26.9. The Morgan fingerprint density at radius 1 is 0.857 bits per heavy atom. The molecule has 0 spiro atoms. The minimum absolute atomic E-state index is 0.303. The van der Waals surface area contributed by atoms with Crippen molar-refractivity contribution in [3.05, 3.63) is 88.5 Å². The summed E-state index contributed by atoms with van der Waals surface area (Å²) in [7, 11) is 5.09. The summed E-state index contributed by atoms with van der Waals surface area (Å²) in [6.07, 6.45) is 0. The van der Waals surface area contributed by atoms with E-state index in [0.717, 1.165) is 15.6 Å². The third-order valence-electron chi connectivity index (χ3n) is 5.25. The summed E-state index contributed by atoms with van der Waals surface area (Å²) in [5, 5.41) is 13.9. The first-order chi connectivity index (χ1) is 16.8. The molecule has 0 saturated heterocycles. The number of benzene rings is 3. The Morgan fingerprint density at radius 3 is 2.00 bits per heavy atom. The van der Waals surface area contributed by atoms with E-state index in [2.05, 4.69) is 55.8 Å². The molecule has 0 aliphatic rings. The number of hydrogen-bond donors (Lipinski definition) is 3. The molecule has 0 fully saturated rings. The first-order valence-corrected chi connectivity index (χ1v) is 13.7. The van der Waals surface area contributed by atoms with Crippen LogP contribution in [0.15, 0.2) is 60.7 Å². The van der Waals surface area contributed by atoms with Crippen molar-refractivity contribution in [1.82, 2.24) is 4.90 Å². The van der Waals surface area contributed by atoms with E-state index in [1.807, 2.05) is 30.3 Å². The standard InChI is InChI=1S/C26H26I2N4O3/c1-32(2)24(29)18-6-8-19(9-7-18)25(33)31-23-21(12-17(15-28)13-22(23)35-3)26(34)30-20-10-4-16(14-27)5-11-20/h4-13,29H,14-15H2,1-3H3,(H,30,34)(H,31,33). The van der Waals surface area contributed by atoms with Gasteiger partial charge in [0.25, 0.3) is 11.8 Å². The number of hydrogen-bond acceptors (Lipinski definition) is 4. The van der Waals surface area contributed by atoms with Gasteiger partial charge in [0.2, 0.25) is 0 Å². The number of carbonyl (C=O) groups is 2. The highest BCUT2D eigenvalue weighted by Gasteiger charge is 2.21. The van der Waals surface area contributed by atoms with Crippen LogP contribution in [0.25, 0.3) is 0 Å². The number of alkyl halides is 2. The third kappa shape index (κ3) is 6.72. The van der Waals surface area contributed by atoms with Crippen molar-refractivity contribution in [2.75, 3.05) is 31.8 Å². The van der Waals surface area contributed by atoms with E-state index in [4.69, 9.17) is 10.1 Å². The Morgan fingerprint density at radius 2 is 1.46 bits per heavy atom. The number of amides is 2. The van der Waals surface area contributed by atoms with Gasteiger partial charge in [-0.05, 0) is 47.5 Å². The highest BCUT2D eigenvalue weighted by atomic mass is 127. The van der Waals surface area contributed by atoms with Crippen LogP contribution in [0.4, 0.5) is 11.4 Å². The Balaban J connectivity index is 1.92. The van der Waals surface area contributed by atoms with E-state index >= 15 is 0 Å². The molecule has 0 bridgehead atoms. The molecule has 0 radical (unpaired) electrons. The average molecular weight is 696 g/mol. The van der Waals surface area contributed by atoms with Gasteiger partial charge in [0.05, 0.1) is 18.4 Å². The van der Waals surface area contributed by atoms with Crippen molar-refractivity contribution < 1.29 is 14.3 Å². The number of anilines is 2. The summed E-state index contributed by atoms with van der Waals surface area (Å²) in [5.74, 6) is 0.0265. The molecule has 182 valence electrons. The second-order valence-corrected chi connectivity index (χ2v) is 9.44. The molecular formula is C26H26I2N4O3. The molecule has 7 nitrogen and oxygen atoms in total. The largest absolute Gasteiger partial charge is 0.495 e. The van der Waals surface area contributed by atoms with Crippen molar-refractivity contribution in [3.63, 3.8) is 0 Å². The molecule has 3 rings (SSSR count). The molecule has 2 amide bonds. The number of rotatable bonds is 8. The average Bonchev–Trinajstić information content (AvgIpc) is 2.88. The first-order valence-electron chi connectivity index (χ1n) is 10.7. The lowest BCUT2D eigenvalue weighted by Gasteiger charge is -2.17. The lowest BCUT2D eigenvalue weighted by Crippen LogP contribution is -2.22. The predicted octanol–water partition coefficient (Wildman–Crippen LogP) is 5.96. The van der Waals surface area contributed by atoms with Crippen LogP contribution in [0.5, 0.6) is 5.75 Å². The van der Waals surface area contributed by atoms with Crippen LogP contribution in [0.1, 0.15) is 37.4 Å². The zero-order valence-electron chi connectivity index (χ0n) is 19.6. The van der Waals surface area contributed by atoms with E-state index in [1.54, 1.807) is 49.3 Å². The van der Waals surface area contributed by atoms with Gasteiger partial charge in [-0.15, -0.1) is 0 Å². The SMILES string of the molecule is COc1cc(CI)cc(C(=O)Nc2ccc(CI)cc2)c1NC(=O)c1ccc(C(=N)N(C)C)cc1. The molecule has 0 unspecified atom stereocenters. The van der Waals surface area contributed by atoms with Gasteiger partial charge in [0, 0.05) is 39.8 Å². The summed E-state index contributed by atoms with van der Waals surface area (Å²) in [6.45, 7) is 0. The van der Waals surface area contributed by atoms with E-state index < -0.39 is 0 Å². The third-order valence-corrected chi connectivity index (χ3v) is 7.01. The Hall–Kier alpha value is -2.67. The molecule has 0 aromatic heterocycles. The van der Waals surface area contributed by atoms with Crippen molar-refractivity contribution in [1.29, 1.82) is 5.41 Å². The molecule has 0 atom stereocenters. The minimum Gasteiger partial charge on any atom is -0.495 e. The van der Waals surface area contributed by atoms with E-state index in [1.165, 1.54) is 7.11 Å². The van der Waals surface area contributed by atoms with Gasteiger partial charge in [0.1, 0.15) is 11.6 Å². The van der Waals surface area contributed by atoms with E-state index in [-0.39, 0.29) is 11.8 Å². The quantitative estimate of drug-likeness (QED) is 0.117. The van der Waals surface area contributed by atoms with Gasteiger partial charge in [0.15, 0.2) is 0 Å². The van der Waals surface area contributed by atoms with Gasteiger partial charge < -0.3 is 20.3 Å². The van der Waals surface area contributed by atoms with Gasteiger partial charge in [-0.3, -0.25) is 15.0 Å². The number of carbonyl (C=O) groups excluding carboxylic acids is 2. The topological polar surface area (TPSA) is 94.5 Å². The zero-order valence-corrected chi connectivity index (χ0v) is 23.9. The Bertz CT molecular complexity index is 1230. The second kappa shape index (κ2) is 12.3. The minimum atomic E-state index is -0.381. The normalized spacial score (nSPS) is 10.4. The number of nitrogens with one attached hydrogen (secondary N) is 3. The summed E-state index contributed by atoms with van der Waals surface area (Å²) in [4.78, 5) is 28.1. The van der Waals surface area contributed by atoms with Crippen molar-refractivity contribution in [3.8, 4) is 5.75 Å². The lowest BCUT2D eigenvalue weighted by molar-refractivity contribution is 0.102. The van der Waals surface area contributed by atoms with E-state index in [9.17, 15) is 9.59 Å². The molecule has 3 aromatic rings. The molecule has 3 aromatic carbocycles. The van der Waals surface area contributed by atoms with Crippen molar-refractivity contribution in [2.45, 2.75) is 8.86 Å². The molecule has 35 heavy (non-hydrogen) atoms. The molecule has 0 aliphatic heterocycles. The molecular weight excluding hydrogens is 670 g/mol. The maximum absolute atomic E-state index is 13.3. The summed E-state index contributed by atoms with van der Waals surface area (Å²) >= 11 is 4.51. The maximum Gasteiger partial charge on any atom is 0.257 e. The fraction of sp³-hybridized carbons (Fsp3) is 0.192. The van der Waals surface area contributed by atoms with Gasteiger partial charge in [-0.25, -0.2) is 0 Å². The lowest BCUT2D eigenvalue weighted by atomic mass is 10.1. The fourth-order valence-electron chi connectivity index (χ4n) is 3.32. The van der Waals surface area contributed by atoms with Crippen LogP contribution in [0.3, 0.4) is 0 Å². The smallest absolute Gasteiger partial charge is 0.257 e. The summed E-state index contributed by atoms with van der Waals surface area (Å²) in [6, 6.07) is 18.0. The van der Waals surface area contributed by atoms with Gasteiger partial charge >= 0.3 is 0 Å². The molecule has 3 N–H and O–H groups in total.